The lowest BCUT2D eigenvalue weighted by atomic mass is 10.3. The molecule has 1 heterocycles. The van der Waals surface area contributed by atoms with Gasteiger partial charge in [0.1, 0.15) is 13.2 Å². The van der Waals surface area contributed by atoms with Crippen LogP contribution in [-0.4, -0.2) is 36.2 Å². The SMILES string of the molecule is CC(NC(=O)NC(=O)COCC(=O)O)c1cccs1. The molecule has 7 nitrogen and oxygen atoms in total. The monoisotopic (exact) mass is 286 g/mol. The molecule has 1 aromatic heterocycles. The maximum absolute atomic E-state index is 11.4. The molecule has 0 saturated carbocycles. The van der Waals surface area contributed by atoms with E-state index in [9.17, 15) is 14.4 Å². The van der Waals surface area contributed by atoms with Crippen molar-refractivity contribution in [2.45, 2.75) is 13.0 Å². The summed E-state index contributed by atoms with van der Waals surface area (Å²) in [7, 11) is 0. The summed E-state index contributed by atoms with van der Waals surface area (Å²) < 4.78 is 4.55. The number of carboxylic acids is 1. The highest BCUT2D eigenvalue weighted by atomic mass is 32.1. The molecular formula is C11H14N2O5S. The molecule has 104 valence electrons. The summed E-state index contributed by atoms with van der Waals surface area (Å²) in [5.41, 5.74) is 0. The molecule has 3 amide bonds. The van der Waals surface area contributed by atoms with Crippen molar-refractivity contribution in [3.05, 3.63) is 22.4 Å². The molecule has 0 radical (unpaired) electrons. The number of nitrogens with one attached hydrogen (secondary N) is 2. The predicted octanol–water partition coefficient (Wildman–Crippen LogP) is 0.736. The van der Waals surface area contributed by atoms with Crippen molar-refractivity contribution in [2.24, 2.45) is 0 Å². The average Bonchev–Trinajstić information content (AvgIpc) is 2.81. The number of ether oxygens (including phenoxy) is 1. The van der Waals surface area contributed by atoms with Crippen LogP contribution < -0.4 is 10.6 Å². The van der Waals surface area contributed by atoms with Crippen molar-refractivity contribution in [2.75, 3.05) is 13.2 Å². The van der Waals surface area contributed by atoms with Crippen LogP contribution in [0.15, 0.2) is 17.5 Å². The number of hydrogen-bond acceptors (Lipinski definition) is 5. The molecule has 0 aromatic carbocycles. The van der Waals surface area contributed by atoms with Crippen molar-refractivity contribution in [1.29, 1.82) is 0 Å². The molecule has 1 rings (SSSR count). The van der Waals surface area contributed by atoms with E-state index in [1.54, 1.807) is 6.92 Å². The summed E-state index contributed by atoms with van der Waals surface area (Å²) in [6, 6.07) is 2.87. The van der Waals surface area contributed by atoms with E-state index in [4.69, 9.17) is 5.11 Å². The normalized spacial score (nSPS) is 11.6. The van der Waals surface area contributed by atoms with Crippen LogP contribution in [0.2, 0.25) is 0 Å². The fourth-order valence-electron chi connectivity index (χ4n) is 1.24. The van der Waals surface area contributed by atoms with E-state index in [1.165, 1.54) is 11.3 Å². The number of hydrogen-bond donors (Lipinski definition) is 3. The summed E-state index contributed by atoms with van der Waals surface area (Å²) in [4.78, 5) is 33.8. The minimum atomic E-state index is -1.18. The summed E-state index contributed by atoms with van der Waals surface area (Å²) in [5.74, 6) is -1.87. The van der Waals surface area contributed by atoms with Gasteiger partial charge >= 0.3 is 12.0 Å². The molecule has 0 aliphatic carbocycles. The van der Waals surface area contributed by atoms with Gasteiger partial charge < -0.3 is 15.2 Å². The van der Waals surface area contributed by atoms with Gasteiger partial charge in [0.15, 0.2) is 0 Å². The van der Waals surface area contributed by atoms with Gasteiger partial charge in [0.05, 0.1) is 6.04 Å². The van der Waals surface area contributed by atoms with E-state index in [0.29, 0.717) is 0 Å². The molecule has 0 aliphatic heterocycles. The van der Waals surface area contributed by atoms with Crippen LogP contribution in [0, 0.1) is 0 Å². The lowest BCUT2D eigenvalue weighted by Gasteiger charge is -2.12. The second-order valence-corrected chi connectivity index (χ2v) is 4.62. The van der Waals surface area contributed by atoms with Crippen LogP contribution in [0.5, 0.6) is 0 Å². The number of aliphatic carboxylic acids is 1. The Labute approximate surface area is 113 Å². The first-order valence-corrected chi connectivity index (χ1v) is 6.30. The fraction of sp³-hybridized carbons (Fsp3) is 0.364. The molecule has 8 heteroatoms. The van der Waals surface area contributed by atoms with Gasteiger partial charge in [0, 0.05) is 4.88 Å². The van der Waals surface area contributed by atoms with Crippen LogP contribution in [-0.2, 0) is 14.3 Å². The number of thiophene rings is 1. The maximum Gasteiger partial charge on any atom is 0.329 e. The summed E-state index contributed by atoms with van der Waals surface area (Å²) >= 11 is 1.49. The molecule has 0 spiro atoms. The third-order valence-electron chi connectivity index (χ3n) is 2.03. The van der Waals surface area contributed by atoms with Crippen LogP contribution in [0.4, 0.5) is 4.79 Å². The standard InChI is InChI=1S/C11H14N2O5S/c1-7(8-3-2-4-19-8)12-11(17)13-9(14)5-18-6-10(15)16/h2-4,7H,5-6H2,1H3,(H,15,16)(H2,12,13,14,17). The summed E-state index contributed by atoms with van der Waals surface area (Å²) in [6.45, 7) is 0.727. The van der Waals surface area contributed by atoms with Crippen LogP contribution in [0.25, 0.3) is 0 Å². The Balaban J connectivity index is 2.27. The first-order chi connectivity index (χ1) is 8.99. The molecule has 0 aliphatic rings. The van der Waals surface area contributed by atoms with Crippen molar-refractivity contribution in [1.82, 2.24) is 10.6 Å². The molecule has 1 aromatic rings. The number of carboxylic acid groups (broad SMARTS) is 1. The summed E-state index contributed by atoms with van der Waals surface area (Å²) in [6.07, 6.45) is 0. The second kappa shape index (κ2) is 7.49. The van der Waals surface area contributed by atoms with Crippen LogP contribution in [0.3, 0.4) is 0 Å². The third kappa shape index (κ3) is 5.98. The van der Waals surface area contributed by atoms with Gasteiger partial charge in [0.25, 0.3) is 5.91 Å². The van der Waals surface area contributed by atoms with Gasteiger partial charge in [-0.1, -0.05) is 6.07 Å². The quantitative estimate of drug-likeness (QED) is 0.715. The Hall–Kier alpha value is -1.93. The highest BCUT2D eigenvalue weighted by Gasteiger charge is 2.13. The van der Waals surface area contributed by atoms with Crippen molar-refractivity contribution in [3.8, 4) is 0 Å². The van der Waals surface area contributed by atoms with Gasteiger partial charge in [-0.25, -0.2) is 9.59 Å². The largest absolute Gasteiger partial charge is 0.480 e. The van der Waals surface area contributed by atoms with Crippen molar-refractivity contribution >= 4 is 29.2 Å². The lowest BCUT2D eigenvalue weighted by molar-refractivity contribution is -0.143. The predicted molar refractivity (Wildman–Crippen MR) is 67.9 cm³/mol. The molecule has 0 bridgehead atoms. The molecule has 0 saturated heterocycles. The van der Waals surface area contributed by atoms with E-state index < -0.39 is 31.1 Å². The Kier molecular flexibility index (Phi) is 5.97. The average molecular weight is 286 g/mol. The Morgan fingerprint density at radius 3 is 2.74 bits per heavy atom. The van der Waals surface area contributed by atoms with Gasteiger partial charge in [0.2, 0.25) is 0 Å². The number of amides is 3. The number of carbonyl (C=O) groups excluding carboxylic acids is 2. The molecular weight excluding hydrogens is 272 g/mol. The Morgan fingerprint density at radius 2 is 2.16 bits per heavy atom. The van der Waals surface area contributed by atoms with Gasteiger partial charge in [-0.05, 0) is 18.4 Å². The van der Waals surface area contributed by atoms with Gasteiger partial charge in [-0.15, -0.1) is 11.3 Å². The highest BCUT2D eigenvalue weighted by Crippen LogP contribution is 2.17. The summed E-state index contributed by atoms with van der Waals surface area (Å²) in [5, 5.41) is 14.8. The van der Waals surface area contributed by atoms with E-state index >= 15 is 0 Å². The van der Waals surface area contributed by atoms with E-state index in [2.05, 4.69) is 10.1 Å². The van der Waals surface area contributed by atoms with E-state index in [-0.39, 0.29) is 6.04 Å². The van der Waals surface area contributed by atoms with E-state index in [1.807, 2.05) is 22.8 Å². The van der Waals surface area contributed by atoms with Gasteiger partial charge in [-0.3, -0.25) is 10.1 Å². The van der Waals surface area contributed by atoms with Crippen molar-refractivity contribution in [3.63, 3.8) is 0 Å². The Morgan fingerprint density at radius 1 is 1.42 bits per heavy atom. The van der Waals surface area contributed by atoms with Crippen LogP contribution >= 0.6 is 11.3 Å². The molecule has 19 heavy (non-hydrogen) atoms. The van der Waals surface area contributed by atoms with Crippen LogP contribution in [0.1, 0.15) is 17.8 Å². The fourth-order valence-corrected chi connectivity index (χ4v) is 1.97. The second-order valence-electron chi connectivity index (χ2n) is 3.65. The zero-order valence-corrected chi connectivity index (χ0v) is 11.0. The van der Waals surface area contributed by atoms with E-state index in [0.717, 1.165) is 4.88 Å². The minimum Gasteiger partial charge on any atom is -0.480 e. The number of urea groups is 1. The topological polar surface area (TPSA) is 105 Å². The zero-order valence-electron chi connectivity index (χ0n) is 10.2. The zero-order chi connectivity index (χ0) is 14.3. The lowest BCUT2D eigenvalue weighted by Crippen LogP contribution is -2.42. The first-order valence-electron chi connectivity index (χ1n) is 5.42. The minimum absolute atomic E-state index is 0.215. The number of imide groups is 1. The molecule has 3 N–H and O–H groups in total. The van der Waals surface area contributed by atoms with Gasteiger partial charge in [-0.2, -0.15) is 0 Å². The smallest absolute Gasteiger partial charge is 0.329 e. The number of carbonyl (C=O) groups is 3. The molecule has 1 unspecified atom stereocenters. The third-order valence-corrected chi connectivity index (χ3v) is 3.08. The highest BCUT2D eigenvalue weighted by molar-refractivity contribution is 7.10. The van der Waals surface area contributed by atoms with Crippen molar-refractivity contribution < 1.29 is 24.2 Å². The molecule has 1 atom stereocenters. The maximum atomic E-state index is 11.4. The Bertz CT molecular complexity index is 446. The first kappa shape index (κ1) is 15.1. The molecule has 0 fully saturated rings. The number of rotatable bonds is 6.